The molecule has 4 heteroatoms. The topological polar surface area (TPSA) is 32.3 Å². The Morgan fingerprint density at radius 3 is 2.59 bits per heavy atom. The minimum Gasteiger partial charge on any atom is -0.377 e. The van der Waals surface area contributed by atoms with E-state index in [1.807, 2.05) is 29.2 Å². The smallest absolute Gasteiger partial charge is 0.231 e. The summed E-state index contributed by atoms with van der Waals surface area (Å²) in [6, 6.07) is 13.9. The highest BCUT2D eigenvalue weighted by atomic mass is 19.1. The van der Waals surface area contributed by atoms with Crippen LogP contribution in [-0.2, 0) is 11.2 Å². The zero-order chi connectivity index (χ0) is 15.7. The van der Waals surface area contributed by atoms with Crippen LogP contribution in [0.3, 0.4) is 0 Å². The fourth-order valence-electron chi connectivity index (χ4n) is 2.79. The standard InChI is InChI=1S/C18H19FN2O/c1-18(2)12-21(16-6-4-3-5-15(16)20-18)17(22)11-13-7-9-14(19)10-8-13/h3-10,20H,11-12H2,1-2H3. The second-order valence-corrected chi connectivity index (χ2v) is 6.31. The maximum atomic E-state index is 13.0. The fraction of sp³-hybridized carbons (Fsp3) is 0.278. The molecule has 0 spiro atoms. The van der Waals surface area contributed by atoms with E-state index >= 15 is 0 Å². The number of nitrogens with zero attached hydrogens (tertiary/aromatic N) is 1. The van der Waals surface area contributed by atoms with Crippen molar-refractivity contribution in [3.8, 4) is 0 Å². The second-order valence-electron chi connectivity index (χ2n) is 6.31. The van der Waals surface area contributed by atoms with E-state index in [1.54, 1.807) is 12.1 Å². The first-order valence-corrected chi connectivity index (χ1v) is 7.37. The van der Waals surface area contributed by atoms with Crippen LogP contribution >= 0.6 is 0 Å². The number of hydrogen-bond acceptors (Lipinski definition) is 2. The first-order valence-electron chi connectivity index (χ1n) is 7.37. The summed E-state index contributed by atoms with van der Waals surface area (Å²) < 4.78 is 13.0. The van der Waals surface area contributed by atoms with Gasteiger partial charge in [-0.15, -0.1) is 0 Å². The van der Waals surface area contributed by atoms with Crippen molar-refractivity contribution in [2.75, 3.05) is 16.8 Å². The average Bonchev–Trinajstić information content (AvgIpc) is 2.47. The average molecular weight is 298 g/mol. The third-order valence-electron chi connectivity index (χ3n) is 3.79. The molecule has 0 radical (unpaired) electrons. The van der Waals surface area contributed by atoms with Gasteiger partial charge in [0.1, 0.15) is 5.82 Å². The van der Waals surface area contributed by atoms with Crippen LogP contribution in [0.4, 0.5) is 15.8 Å². The molecule has 114 valence electrons. The lowest BCUT2D eigenvalue weighted by Crippen LogP contribution is -2.51. The molecule has 0 aromatic heterocycles. The summed E-state index contributed by atoms with van der Waals surface area (Å²) in [6.07, 6.45) is 0.269. The molecule has 22 heavy (non-hydrogen) atoms. The molecule has 2 aromatic rings. The Morgan fingerprint density at radius 2 is 1.86 bits per heavy atom. The van der Waals surface area contributed by atoms with E-state index in [1.165, 1.54) is 12.1 Å². The first kappa shape index (κ1) is 14.6. The number of fused-ring (bicyclic) bond motifs is 1. The Balaban J connectivity index is 1.87. The van der Waals surface area contributed by atoms with E-state index in [4.69, 9.17) is 0 Å². The summed E-state index contributed by atoms with van der Waals surface area (Å²) in [5.41, 5.74) is 2.49. The van der Waals surface area contributed by atoms with Crippen molar-refractivity contribution in [3.05, 3.63) is 59.9 Å². The number of anilines is 2. The minimum absolute atomic E-state index is 0.0219. The Morgan fingerprint density at radius 1 is 1.18 bits per heavy atom. The molecule has 1 N–H and O–H groups in total. The minimum atomic E-state index is -0.287. The van der Waals surface area contributed by atoms with Crippen LogP contribution in [0, 0.1) is 5.82 Å². The van der Waals surface area contributed by atoms with Gasteiger partial charge in [0.05, 0.1) is 17.8 Å². The predicted molar refractivity (Wildman–Crippen MR) is 86.6 cm³/mol. The van der Waals surface area contributed by atoms with Crippen LogP contribution in [0.1, 0.15) is 19.4 Å². The molecule has 0 bridgehead atoms. The van der Waals surface area contributed by atoms with Gasteiger partial charge in [-0.25, -0.2) is 4.39 Å². The third-order valence-corrected chi connectivity index (χ3v) is 3.79. The van der Waals surface area contributed by atoms with Crippen LogP contribution in [-0.4, -0.2) is 18.0 Å². The first-order chi connectivity index (χ1) is 10.4. The highest BCUT2D eigenvalue weighted by molar-refractivity contribution is 5.99. The van der Waals surface area contributed by atoms with Crippen LogP contribution in [0.5, 0.6) is 0 Å². The van der Waals surface area contributed by atoms with Crippen LogP contribution in [0.15, 0.2) is 48.5 Å². The van der Waals surface area contributed by atoms with Crippen molar-refractivity contribution in [2.45, 2.75) is 25.8 Å². The lowest BCUT2D eigenvalue weighted by atomic mass is 9.98. The molecule has 1 aliphatic heterocycles. The summed E-state index contributed by atoms with van der Waals surface area (Å²) in [5, 5.41) is 3.45. The summed E-state index contributed by atoms with van der Waals surface area (Å²) in [6.45, 7) is 4.74. The third kappa shape index (κ3) is 2.96. The highest BCUT2D eigenvalue weighted by Gasteiger charge is 2.32. The molecule has 0 aliphatic carbocycles. The number of rotatable bonds is 2. The lowest BCUT2D eigenvalue weighted by molar-refractivity contribution is -0.118. The quantitative estimate of drug-likeness (QED) is 0.918. The largest absolute Gasteiger partial charge is 0.377 e. The Kier molecular flexibility index (Phi) is 3.61. The van der Waals surface area contributed by atoms with E-state index in [2.05, 4.69) is 19.2 Å². The summed E-state index contributed by atoms with van der Waals surface area (Å²) in [4.78, 5) is 14.5. The van der Waals surface area contributed by atoms with E-state index in [9.17, 15) is 9.18 Å². The normalized spacial score (nSPS) is 15.9. The Hall–Kier alpha value is -2.36. The molecule has 0 unspecified atom stereocenters. The summed E-state index contributed by atoms with van der Waals surface area (Å²) in [5.74, 6) is -0.265. The molecular formula is C18H19FN2O. The number of amides is 1. The van der Waals surface area contributed by atoms with Crippen molar-refractivity contribution in [1.29, 1.82) is 0 Å². The number of halogens is 1. The van der Waals surface area contributed by atoms with Crippen LogP contribution < -0.4 is 10.2 Å². The van der Waals surface area contributed by atoms with Gasteiger partial charge in [0, 0.05) is 12.1 Å². The molecule has 0 atom stereocenters. The van der Waals surface area contributed by atoms with E-state index in [0.29, 0.717) is 6.54 Å². The van der Waals surface area contributed by atoms with Crippen LogP contribution in [0.2, 0.25) is 0 Å². The van der Waals surface area contributed by atoms with Gasteiger partial charge >= 0.3 is 0 Å². The molecule has 0 saturated heterocycles. The molecule has 3 rings (SSSR count). The van der Waals surface area contributed by atoms with Gasteiger partial charge in [0.2, 0.25) is 5.91 Å². The number of para-hydroxylation sites is 2. The maximum Gasteiger partial charge on any atom is 0.231 e. The van der Waals surface area contributed by atoms with Gasteiger partial charge < -0.3 is 10.2 Å². The van der Waals surface area contributed by atoms with Gasteiger partial charge in [-0.1, -0.05) is 24.3 Å². The molecule has 1 amide bonds. The van der Waals surface area contributed by atoms with Crippen LogP contribution in [0.25, 0.3) is 0 Å². The summed E-state index contributed by atoms with van der Waals surface area (Å²) >= 11 is 0. The van der Waals surface area contributed by atoms with E-state index in [-0.39, 0.29) is 23.7 Å². The molecule has 1 aliphatic rings. The maximum absolute atomic E-state index is 13.0. The number of carbonyl (C=O) groups is 1. The zero-order valence-electron chi connectivity index (χ0n) is 12.8. The zero-order valence-corrected chi connectivity index (χ0v) is 12.8. The lowest BCUT2D eigenvalue weighted by Gasteiger charge is -2.41. The monoisotopic (exact) mass is 298 g/mol. The van der Waals surface area contributed by atoms with Crippen molar-refractivity contribution in [2.24, 2.45) is 0 Å². The molecule has 1 heterocycles. The van der Waals surface area contributed by atoms with Crippen molar-refractivity contribution >= 4 is 17.3 Å². The van der Waals surface area contributed by atoms with E-state index in [0.717, 1.165) is 16.9 Å². The second kappa shape index (κ2) is 5.44. The Bertz CT molecular complexity index is 694. The fourth-order valence-corrected chi connectivity index (χ4v) is 2.79. The van der Waals surface area contributed by atoms with Gasteiger partial charge in [-0.05, 0) is 43.7 Å². The van der Waals surface area contributed by atoms with Gasteiger partial charge in [-0.2, -0.15) is 0 Å². The Labute approximate surface area is 129 Å². The van der Waals surface area contributed by atoms with Gasteiger partial charge in [-0.3, -0.25) is 4.79 Å². The van der Waals surface area contributed by atoms with Gasteiger partial charge in [0.15, 0.2) is 0 Å². The van der Waals surface area contributed by atoms with Crippen molar-refractivity contribution in [3.63, 3.8) is 0 Å². The highest BCUT2D eigenvalue weighted by Crippen LogP contribution is 2.34. The molecule has 0 fully saturated rings. The molecule has 3 nitrogen and oxygen atoms in total. The number of benzene rings is 2. The number of carbonyl (C=O) groups excluding carboxylic acids is 1. The molecule has 0 saturated carbocycles. The SMILES string of the molecule is CC1(C)CN(C(=O)Cc2ccc(F)cc2)c2ccccc2N1. The number of nitrogens with one attached hydrogen (secondary N) is 1. The number of hydrogen-bond donors (Lipinski definition) is 1. The molecule has 2 aromatic carbocycles. The van der Waals surface area contributed by atoms with Crippen molar-refractivity contribution < 1.29 is 9.18 Å². The van der Waals surface area contributed by atoms with Crippen molar-refractivity contribution in [1.82, 2.24) is 0 Å². The molecular weight excluding hydrogens is 279 g/mol. The van der Waals surface area contributed by atoms with Gasteiger partial charge in [0.25, 0.3) is 0 Å². The summed E-state index contributed by atoms with van der Waals surface area (Å²) in [7, 11) is 0. The predicted octanol–water partition coefficient (Wildman–Crippen LogP) is 3.61. The van der Waals surface area contributed by atoms with E-state index < -0.39 is 0 Å².